The fourth-order valence-corrected chi connectivity index (χ4v) is 12.8. The Morgan fingerprint density at radius 1 is 0.763 bits per heavy atom. The van der Waals surface area contributed by atoms with E-state index < -0.39 is 17.4 Å². The number of hydrogen-bond donors (Lipinski definition) is 1. The molecule has 1 aromatic carbocycles. The van der Waals surface area contributed by atoms with Crippen LogP contribution in [-0.2, 0) is 10.0 Å². The highest BCUT2D eigenvalue weighted by molar-refractivity contribution is 7.89. The summed E-state index contributed by atoms with van der Waals surface area (Å²) in [6.07, 6.45) is 13.0. The molecule has 1 N–H and O–H groups in total. The lowest BCUT2D eigenvalue weighted by Crippen LogP contribution is -2.42. The van der Waals surface area contributed by atoms with Gasteiger partial charge in [-0.1, -0.05) is 52.9 Å². The Kier molecular flexibility index (Phi) is 10.5. The van der Waals surface area contributed by atoms with Crippen molar-refractivity contribution < 1.29 is 8.42 Å². The molecule has 0 radical (unpaired) electrons. The Hall–Kier alpha value is -0.830. The molecule has 0 bridgehead atoms. The van der Waals surface area contributed by atoms with Crippen LogP contribution in [0.3, 0.4) is 0 Å². The number of rotatable bonds is 5. The first-order valence-corrected chi connectivity index (χ1v) is 18.2. The maximum Gasteiger partial charge on any atom is 0.243 e. The van der Waals surface area contributed by atoms with Crippen LogP contribution in [0.5, 0.6) is 0 Å². The van der Waals surface area contributed by atoms with Gasteiger partial charge in [-0.2, -0.15) is 4.31 Å². The lowest BCUT2D eigenvalue weighted by molar-refractivity contribution is 0.346. The quantitative estimate of drug-likeness (QED) is 0.295. The molecule has 0 aromatic heterocycles. The highest BCUT2D eigenvalue weighted by atomic mass is 32.2. The van der Waals surface area contributed by atoms with E-state index in [-0.39, 0.29) is 5.16 Å². The molecule has 0 saturated carbocycles. The minimum atomic E-state index is -3.45. The summed E-state index contributed by atoms with van der Waals surface area (Å²) in [5.74, 6) is 0. The topological polar surface area (TPSA) is 68.2 Å². The molecule has 0 spiro atoms. The second-order valence-electron chi connectivity index (χ2n) is 12.0. The van der Waals surface area contributed by atoms with Crippen LogP contribution in [-0.4, -0.2) is 71.6 Å². The maximum absolute atomic E-state index is 13.1. The Bertz CT molecular complexity index is 1060. The van der Waals surface area contributed by atoms with Crippen molar-refractivity contribution in [2.75, 3.05) is 44.6 Å². The van der Waals surface area contributed by atoms with Crippen LogP contribution in [0.1, 0.15) is 91.4 Å². The molecule has 3 saturated heterocycles. The molecule has 4 rings (SSSR count). The van der Waals surface area contributed by atoms with Gasteiger partial charge in [-0.05, 0) is 75.0 Å². The normalized spacial score (nSPS) is 21.9. The van der Waals surface area contributed by atoms with Gasteiger partial charge in [0, 0.05) is 50.1 Å². The Labute approximate surface area is 236 Å². The van der Waals surface area contributed by atoms with Gasteiger partial charge in [-0.3, -0.25) is 9.34 Å². The molecule has 7 nitrogen and oxygen atoms in total. The van der Waals surface area contributed by atoms with Crippen molar-refractivity contribution in [3.63, 3.8) is 0 Å². The average Bonchev–Trinajstić information content (AvgIpc) is 3.34. The van der Waals surface area contributed by atoms with Crippen LogP contribution in [0.2, 0.25) is 0 Å². The number of anilines is 1. The van der Waals surface area contributed by atoms with Crippen molar-refractivity contribution in [2.45, 2.75) is 101 Å². The number of sulfonamides is 1. The first kappa shape index (κ1) is 30.1. The predicted octanol–water partition coefficient (Wildman–Crippen LogP) is 7.14. The molecule has 0 unspecified atom stereocenters. The Morgan fingerprint density at radius 2 is 1.18 bits per heavy atom. The van der Waals surface area contributed by atoms with E-state index in [9.17, 15) is 8.42 Å². The summed E-state index contributed by atoms with van der Waals surface area (Å²) in [7, 11) is -5.60. The van der Waals surface area contributed by atoms with Crippen molar-refractivity contribution in [2.24, 2.45) is 4.74 Å². The molecular formula is C28H48N5O2PS2. The van der Waals surface area contributed by atoms with E-state index in [4.69, 9.17) is 17.0 Å². The molecule has 0 aliphatic carbocycles. The third kappa shape index (κ3) is 6.90. The van der Waals surface area contributed by atoms with E-state index in [0.717, 1.165) is 51.1 Å². The van der Waals surface area contributed by atoms with Crippen molar-refractivity contribution in [1.82, 2.24) is 13.6 Å². The van der Waals surface area contributed by atoms with Crippen molar-refractivity contribution in [3.05, 3.63) is 24.3 Å². The van der Waals surface area contributed by atoms with Gasteiger partial charge in [-0.25, -0.2) is 13.2 Å². The SMILES string of the molecule is CC(C)(C)P(=NC(=S)Nc1ccc(S(=O)(=O)N2CCCCC2)cc1)(N1CCCCCC1)N1CCCCCC1. The maximum atomic E-state index is 13.1. The van der Waals surface area contributed by atoms with Crippen molar-refractivity contribution >= 4 is 40.4 Å². The number of nitrogens with one attached hydrogen (secondary N) is 1. The summed E-state index contributed by atoms with van der Waals surface area (Å²) in [6.45, 7) is 12.6. The standard InChI is InChI=1S/C28H48N5O2PS2/c1-28(2,3)36(31-19-9-4-5-10-20-31,32-21-11-6-7-12-22-32)30-27(37)29-25-15-17-26(18-16-25)38(34,35)33-23-13-8-14-24-33/h15-18H,4-14,19-24H2,1-3H3,(H,29,37). The van der Waals surface area contributed by atoms with Gasteiger partial charge in [0.05, 0.1) is 4.90 Å². The van der Waals surface area contributed by atoms with E-state index in [1.165, 1.54) is 51.4 Å². The van der Waals surface area contributed by atoms with Crippen LogP contribution < -0.4 is 5.32 Å². The van der Waals surface area contributed by atoms with Gasteiger partial charge in [0.2, 0.25) is 10.0 Å². The zero-order valence-corrected chi connectivity index (χ0v) is 26.2. The third-order valence-electron chi connectivity index (χ3n) is 8.14. The molecule has 1 aromatic rings. The van der Waals surface area contributed by atoms with E-state index in [1.807, 2.05) is 12.1 Å². The van der Waals surface area contributed by atoms with E-state index in [2.05, 4.69) is 35.4 Å². The fraction of sp³-hybridized carbons (Fsp3) is 0.750. The largest absolute Gasteiger partial charge is 0.331 e. The Morgan fingerprint density at radius 3 is 1.63 bits per heavy atom. The van der Waals surface area contributed by atoms with Gasteiger partial charge in [0.15, 0.2) is 5.11 Å². The number of benzene rings is 1. The van der Waals surface area contributed by atoms with Crippen molar-refractivity contribution in [3.8, 4) is 0 Å². The summed E-state index contributed by atoms with van der Waals surface area (Å²) >= 11 is 5.94. The smallest absolute Gasteiger partial charge is 0.243 e. The molecule has 3 aliphatic rings. The molecule has 38 heavy (non-hydrogen) atoms. The van der Waals surface area contributed by atoms with Gasteiger partial charge >= 0.3 is 0 Å². The summed E-state index contributed by atoms with van der Waals surface area (Å²) < 4.78 is 38.7. The van der Waals surface area contributed by atoms with E-state index >= 15 is 0 Å². The van der Waals surface area contributed by atoms with Gasteiger partial charge in [0.1, 0.15) is 7.36 Å². The van der Waals surface area contributed by atoms with Crippen LogP contribution in [0.4, 0.5) is 5.69 Å². The number of nitrogens with zero attached hydrogens (tertiary/aromatic N) is 4. The zero-order chi connectivity index (χ0) is 27.2. The molecule has 3 aliphatic heterocycles. The van der Waals surface area contributed by atoms with E-state index in [1.54, 1.807) is 16.4 Å². The van der Waals surface area contributed by atoms with Gasteiger partial charge in [-0.15, -0.1) is 0 Å². The number of piperidine rings is 1. The molecule has 3 heterocycles. The number of thiocarbonyl (C=S) groups is 1. The highest BCUT2D eigenvalue weighted by Crippen LogP contribution is 2.66. The molecule has 3 fully saturated rings. The minimum absolute atomic E-state index is 0.0419. The molecule has 10 heteroatoms. The van der Waals surface area contributed by atoms with Crippen LogP contribution >= 0.6 is 19.6 Å². The summed E-state index contributed by atoms with van der Waals surface area (Å²) in [5, 5.41) is 3.83. The number of hydrogen-bond acceptors (Lipinski definition) is 3. The third-order valence-corrected chi connectivity index (χ3v) is 15.0. The molecular weight excluding hydrogens is 533 g/mol. The fourth-order valence-electron chi connectivity index (χ4n) is 6.21. The van der Waals surface area contributed by atoms with E-state index in [0.29, 0.717) is 23.1 Å². The molecule has 0 atom stereocenters. The average molecular weight is 582 g/mol. The first-order chi connectivity index (χ1) is 18.1. The predicted molar refractivity (Wildman–Crippen MR) is 164 cm³/mol. The monoisotopic (exact) mass is 581 g/mol. The van der Waals surface area contributed by atoms with Crippen LogP contribution in [0.25, 0.3) is 0 Å². The highest BCUT2D eigenvalue weighted by Gasteiger charge is 2.44. The lowest BCUT2D eigenvalue weighted by Gasteiger charge is -2.50. The van der Waals surface area contributed by atoms with Crippen molar-refractivity contribution in [1.29, 1.82) is 0 Å². The molecule has 214 valence electrons. The van der Waals surface area contributed by atoms with Crippen LogP contribution in [0, 0.1) is 0 Å². The summed E-state index contributed by atoms with van der Waals surface area (Å²) in [6, 6.07) is 7.05. The second-order valence-corrected chi connectivity index (χ2v) is 18.1. The van der Waals surface area contributed by atoms with Gasteiger partial charge < -0.3 is 5.32 Å². The summed E-state index contributed by atoms with van der Waals surface area (Å²) in [4.78, 5) is 0.346. The summed E-state index contributed by atoms with van der Waals surface area (Å²) in [5.41, 5.74) is 0.787. The van der Waals surface area contributed by atoms with Gasteiger partial charge in [0.25, 0.3) is 0 Å². The van der Waals surface area contributed by atoms with Crippen LogP contribution in [0.15, 0.2) is 33.9 Å². The second kappa shape index (κ2) is 13.2. The Balaban J connectivity index is 1.63. The minimum Gasteiger partial charge on any atom is -0.331 e. The molecule has 0 amide bonds. The lowest BCUT2D eigenvalue weighted by atomic mass is 10.2. The zero-order valence-electron chi connectivity index (χ0n) is 23.7. The first-order valence-electron chi connectivity index (χ1n) is 14.7.